The molecule has 0 aliphatic carbocycles. The minimum atomic E-state index is -0.316. The van der Waals surface area contributed by atoms with Crippen molar-refractivity contribution in [1.29, 1.82) is 0 Å². The van der Waals surface area contributed by atoms with Gasteiger partial charge in [0.15, 0.2) is 0 Å². The van der Waals surface area contributed by atoms with E-state index in [1.807, 2.05) is 6.92 Å². The van der Waals surface area contributed by atoms with Crippen LogP contribution in [0, 0.1) is 5.82 Å². The third kappa shape index (κ3) is 3.32. The number of amides is 1. The van der Waals surface area contributed by atoms with Crippen LogP contribution in [0.3, 0.4) is 0 Å². The zero-order chi connectivity index (χ0) is 14.5. The van der Waals surface area contributed by atoms with Crippen LogP contribution in [0.2, 0.25) is 0 Å². The largest absolute Gasteiger partial charge is 0.373 e. The van der Waals surface area contributed by atoms with E-state index in [0.29, 0.717) is 11.4 Å². The highest BCUT2D eigenvalue weighted by atomic mass is 19.1. The van der Waals surface area contributed by atoms with Crippen molar-refractivity contribution in [3.63, 3.8) is 0 Å². The molecular formula is C15H16FN3O. The van der Waals surface area contributed by atoms with Crippen LogP contribution in [0.4, 0.5) is 10.2 Å². The van der Waals surface area contributed by atoms with Crippen LogP contribution in [0.1, 0.15) is 28.9 Å². The second kappa shape index (κ2) is 6.14. The molecule has 0 radical (unpaired) electrons. The van der Waals surface area contributed by atoms with Gasteiger partial charge >= 0.3 is 0 Å². The number of rotatable bonds is 4. The first kappa shape index (κ1) is 14.0. The molecule has 0 aliphatic heterocycles. The number of carbonyl (C=O) groups excluding carboxylic acids is 1. The highest BCUT2D eigenvalue weighted by Gasteiger charge is 2.12. The molecule has 2 aromatic rings. The minimum Gasteiger partial charge on any atom is -0.373 e. The predicted molar refractivity (Wildman–Crippen MR) is 76.1 cm³/mol. The summed E-state index contributed by atoms with van der Waals surface area (Å²) in [4.78, 5) is 16.1. The molecule has 0 spiro atoms. The van der Waals surface area contributed by atoms with Crippen molar-refractivity contribution < 1.29 is 9.18 Å². The predicted octanol–water partition coefficient (Wildman–Crippen LogP) is 2.75. The van der Waals surface area contributed by atoms with Crippen molar-refractivity contribution in [2.24, 2.45) is 0 Å². The van der Waals surface area contributed by atoms with Crippen molar-refractivity contribution in [2.45, 2.75) is 13.0 Å². The summed E-state index contributed by atoms with van der Waals surface area (Å²) in [7, 11) is 1.76. The van der Waals surface area contributed by atoms with E-state index in [-0.39, 0.29) is 17.8 Å². The first-order valence-electron chi connectivity index (χ1n) is 6.30. The fourth-order valence-corrected chi connectivity index (χ4v) is 1.82. The van der Waals surface area contributed by atoms with Crippen molar-refractivity contribution in [2.75, 3.05) is 12.4 Å². The Balaban J connectivity index is 2.06. The van der Waals surface area contributed by atoms with Gasteiger partial charge in [-0.3, -0.25) is 4.79 Å². The Morgan fingerprint density at radius 3 is 2.70 bits per heavy atom. The number of benzene rings is 1. The molecule has 1 aromatic carbocycles. The van der Waals surface area contributed by atoms with Gasteiger partial charge in [-0.2, -0.15) is 0 Å². The smallest absolute Gasteiger partial charge is 0.253 e. The van der Waals surface area contributed by atoms with E-state index in [1.165, 1.54) is 18.3 Å². The maximum atomic E-state index is 13.1. The number of carbonyl (C=O) groups is 1. The normalized spacial score (nSPS) is 11.8. The van der Waals surface area contributed by atoms with E-state index in [2.05, 4.69) is 15.6 Å². The van der Waals surface area contributed by atoms with Gasteiger partial charge in [0.1, 0.15) is 11.6 Å². The molecule has 2 N–H and O–H groups in total. The molecule has 0 saturated carbocycles. The number of halogens is 1. The zero-order valence-corrected chi connectivity index (χ0v) is 11.4. The van der Waals surface area contributed by atoms with Gasteiger partial charge in [0.25, 0.3) is 5.91 Å². The average molecular weight is 273 g/mol. The molecule has 20 heavy (non-hydrogen) atoms. The molecule has 5 heteroatoms. The monoisotopic (exact) mass is 273 g/mol. The number of aromatic nitrogens is 1. The summed E-state index contributed by atoms with van der Waals surface area (Å²) in [6, 6.07) is 9.31. The Kier molecular flexibility index (Phi) is 4.30. The molecule has 0 saturated heterocycles. The Morgan fingerprint density at radius 2 is 2.10 bits per heavy atom. The Labute approximate surface area is 117 Å². The van der Waals surface area contributed by atoms with E-state index < -0.39 is 0 Å². The van der Waals surface area contributed by atoms with Gasteiger partial charge in [0, 0.05) is 13.2 Å². The third-order valence-corrected chi connectivity index (χ3v) is 2.98. The summed E-state index contributed by atoms with van der Waals surface area (Å²) < 4.78 is 13.1. The SMILES string of the molecule is CNc1ccc(C(=O)NC(C)c2cccc(F)c2)cn1. The molecule has 1 heterocycles. The zero-order valence-electron chi connectivity index (χ0n) is 11.4. The number of nitrogens with zero attached hydrogens (tertiary/aromatic N) is 1. The number of hydrogen-bond acceptors (Lipinski definition) is 3. The van der Waals surface area contributed by atoms with E-state index in [9.17, 15) is 9.18 Å². The standard InChI is InChI=1S/C15H16FN3O/c1-10(11-4-3-5-13(16)8-11)19-15(20)12-6-7-14(17-2)18-9-12/h3-10H,1-2H3,(H,17,18)(H,19,20). The summed E-state index contributed by atoms with van der Waals surface area (Å²) in [6.07, 6.45) is 1.50. The van der Waals surface area contributed by atoms with Crippen molar-refractivity contribution in [3.05, 3.63) is 59.5 Å². The molecule has 0 fully saturated rings. The van der Waals surface area contributed by atoms with Gasteiger partial charge in [-0.15, -0.1) is 0 Å². The Hall–Kier alpha value is -2.43. The molecule has 0 aliphatic rings. The molecular weight excluding hydrogens is 257 g/mol. The van der Waals surface area contributed by atoms with Crippen LogP contribution in [0.25, 0.3) is 0 Å². The summed E-state index contributed by atoms with van der Waals surface area (Å²) in [5.74, 6) is 0.139. The van der Waals surface area contributed by atoms with Gasteiger partial charge in [0.2, 0.25) is 0 Å². The highest BCUT2D eigenvalue weighted by molar-refractivity contribution is 5.94. The van der Waals surface area contributed by atoms with Crippen molar-refractivity contribution in [1.82, 2.24) is 10.3 Å². The van der Waals surface area contributed by atoms with Crippen molar-refractivity contribution >= 4 is 11.7 Å². The van der Waals surface area contributed by atoms with E-state index in [4.69, 9.17) is 0 Å². The third-order valence-electron chi connectivity index (χ3n) is 2.98. The first-order chi connectivity index (χ1) is 9.60. The second-order valence-corrected chi connectivity index (χ2v) is 4.43. The molecule has 4 nitrogen and oxygen atoms in total. The van der Waals surface area contributed by atoms with Gasteiger partial charge in [-0.25, -0.2) is 9.37 Å². The molecule has 0 bridgehead atoms. The summed E-state index contributed by atoms with van der Waals surface area (Å²) in [5, 5.41) is 5.69. The topological polar surface area (TPSA) is 54.0 Å². The maximum Gasteiger partial charge on any atom is 0.253 e. The first-order valence-corrected chi connectivity index (χ1v) is 6.30. The van der Waals surface area contributed by atoms with Crippen LogP contribution >= 0.6 is 0 Å². The lowest BCUT2D eigenvalue weighted by atomic mass is 10.1. The quantitative estimate of drug-likeness (QED) is 0.900. The van der Waals surface area contributed by atoms with Crippen LogP contribution in [-0.2, 0) is 0 Å². The van der Waals surface area contributed by atoms with Crippen LogP contribution < -0.4 is 10.6 Å². The van der Waals surface area contributed by atoms with Gasteiger partial charge in [-0.1, -0.05) is 12.1 Å². The Morgan fingerprint density at radius 1 is 1.30 bits per heavy atom. The van der Waals surface area contributed by atoms with Crippen LogP contribution in [0.5, 0.6) is 0 Å². The molecule has 1 amide bonds. The average Bonchev–Trinajstić information content (AvgIpc) is 2.47. The van der Waals surface area contributed by atoms with Gasteiger partial charge in [-0.05, 0) is 36.8 Å². The number of nitrogens with one attached hydrogen (secondary N) is 2. The highest BCUT2D eigenvalue weighted by Crippen LogP contribution is 2.14. The lowest BCUT2D eigenvalue weighted by Crippen LogP contribution is -2.26. The summed E-state index contributed by atoms with van der Waals surface area (Å²) >= 11 is 0. The Bertz CT molecular complexity index is 598. The second-order valence-electron chi connectivity index (χ2n) is 4.43. The summed E-state index contributed by atoms with van der Waals surface area (Å²) in [5.41, 5.74) is 1.19. The van der Waals surface area contributed by atoms with Gasteiger partial charge < -0.3 is 10.6 Å². The van der Waals surface area contributed by atoms with E-state index in [0.717, 1.165) is 5.56 Å². The lowest BCUT2D eigenvalue weighted by Gasteiger charge is -2.14. The number of pyridine rings is 1. The maximum absolute atomic E-state index is 13.1. The van der Waals surface area contributed by atoms with Gasteiger partial charge in [0.05, 0.1) is 11.6 Å². The lowest BCUT2D eigenvalue weighted by molar-refractivity contribution is 0.0939. The van der Waals surface area contributed by atoms with E-state index in [1.54, 1.807) is 31.3 Å². The fourth-order valence-electron chi connectivity index (χ4n) is 1.82. The molecule has 104 valence electrons. The summed E-state index contributed by atoms with van der Waals surface area (Å²) in [6.45, 7) is 1.81. The van der Waals surface area contributed by atoms with Crippen LogP contribution in [0.15, 0.2) is 42.6 Å². The van der Waals surface area contributed by atoms with E-state index >= 15 is 0 Å². The molecule has 1 aromatic heterocycles. The molecule has 1 atom stereocenters. The van der Waals surface area contributed by atoms with Crippen molar-refractivity contribution in [3.8, 4) is 0 Å². The molecule has 2 rings (SSSR count). The minimum absolute atomic E-state index is 0.239. The number of hydrogen-bond donors (Lipinski definition) is 2. The van der Waals surface area contributed by atoms with Crippen LogP contribution in [-0.4, -0.2) is 17.9 Å². The number of anilines is 1. The molecule has 1 unspecified atom stereocenters. The fraction of sp³-hybridized carbons (Fsp3) is 0.200.